The monoisotopic (exact) mass is 376 g/mol. The van der Waals surface area contributed by atoms with Crippen LogP contribution >= 0.6 is 0 Å². The molecule has 1 aromatic heterocycles. The van der Waals surface area contributed by atoms with E-state index in [1.54, 1.807) is 24.5 Å². The largest absolute Gasteiger partial charge is 0.495 e. The molecule has 1 aromatic carbocycles. The summed E-state index contributed by atoms with van der Waals surface area (Å²) >= 11 is 0. The highest BCUT2D eigenvalue weighted by atomic mass is 32.2. The smallest absolute Gasteiger partial charge is 0.244 e. The van der Waals surface area contributed by atoms with E-state index in [1.807, 2.05) is 26.0 Å². The van der Waals surface area contributed by atoms with Crippen molar-refractivity contribution in [3.05, 3.63) is 53.3 Å². The van der Waals surface area contributed by atoms with Crippen LogP contribution in [-0.4, -0.2) is 39.8 Å². The zero-order chi connectivity index (χ0) is 18.7. The van der Waals surface area contributed by atoms with Crippen molar-refractivity contribution in [1.82, 2.24) is 9.71 Å². The minimum Gasteiger partial charge on any atom is -0.495 e. The summed E-state index contributed by atoms with van der Waals surface area (Å²) in [6.07, 6.45) is 4.22. The first-order valence-corrected chi connectivity index (χ1v) is 10.0. The van der Waals surface area contributed by atoms with Crippen LogP contribution in [0.4, 0.5) is 0 Å². The van der Waals surface area contributed by atoms with E-state index >= 15 is 0 Å². The molecular formula is C19H24N2O4S. The molecule has 26 heavy (non-hydrogen) atoms. The molecule has 2 atom stereocenters. The molecule has 6 nitrogen and oxygen atoms in total. The summed E-state index contributed by atoms with van der Waals surface area (Å²) in [5.41, 5.74) is 3.01. The highest BCUT2D eigenvalue weighted by Crippen LogP contribution is 2.29. The topological polar surface area (TPSA) is 77.5 Å². The van der Waals surface area contributed by atoms with Gasteiger partial charge in [0.1, 0.15) is 10.6 Å². The van der Waals surface area contributed by atoms with Crippen LogP contribution in [-0.2, 0) is 21.2 Å². The van der Waals surface area contributed by atoms with Crippen molar-refractivity contribution in [2.75, 3.05) is 20.3 Å². The van der Waals surface area contributed by atoms with E-state index < -0.39 is 10.0 Å². The number of pyridine rings is 1. The fourth-order valence-corrected chi connectivity index (χ4v) is 4.67. The van der Waals surface area contributed by atoms with E-state index in [0.717, 1.165) is 23.1 Å². The van der Waals surface area contributed by atoms with Crippen LogP contribution in [0.3, 0.4) is 0 Å². The van der Waals surface area contributed by atoms with Gasteiger partial charge in [-0.25, -0.2) is 13.1 Å². The first kappa shape index (κ1) is 18.8. The Morgan fingerprint density at radius 3 is 2.58 bits per heavy atom. The van der Waals surface area contributed by atoms with E-state index in [9.17, 15) is 8.42 Å². The molecule has 0 spiro atoms. The summed E-state index contributed by atoms with van der Waals surface area (Å²) < 4.78 is 39.6. The van der Waals surface area contributed by atoms with Gasteiger partial charge in [-0.1, -0.05) is 0 Å². The SMILES string of the molecule is COc1cc(C)c(C)cc1S(=O)(=O)N[C@@H]1COC[C@H]1Cc1ccncc1. The van der Waals surface area contributed by atoms with Crippen LogP contribution in [0.25, 0.3) is 0 Å². The van der Waals surface area contributed by atoms with Crippen LogP contribution < -0.4 is 9.46 Å². The lowest BCUT2D eigenvalue weighted by Gasteiger charge is -2.20. The van der Waals surface area contributed by atoms with E-state index in [4.69, 9.17) is 9.47 Å². The number of ether oxygens (including phenoxy) is 2. The molecule has 0 unspecified atom stereocenters. The third-order valence-electron chi connectivity index (χ3n) is 4.82. The lowest BCUT2D eigenvalue weighted by atomic mass is 9.96. The maximum absolute atomic E-state index is 13.0. The molecule has 140 valence electrons. The Balaban J connectivity index is 1.81. The van der Waals surface area contributed by atoms with Gasteiger partial charge < -0.3 is 9.47 Å². The van der Waals surface area contributed by atoms with Crippen LogP contribution in [0.2, 0.25) is 0 Å². The third kappa shape index (κ3) is 4.06. The Morgan fingerprint density at radius 2 is 1.88 bits per heavy atom. The molecule has 2 aromatic rings. The molecule has 1 fully saturated rings. The minimum atomic E-state index is -3.72. The molecule has 0 aliphatic carbocycles. The zero-order valence-electron chi connectivity index (χ0n) is 15.2. The average Bonchev–Trinajstić information content (AvgIpc) is 3.03. The fraction of sp³-hybridized carbons (Fsp3) is 0.421. The van der Waals surface area contributed by atoms with E-state index in [0.29, 0.717) is 19.0 Å². The lowest BCUT2D eigenvalue weighted by molar-refractivity contribution is 0.183. The van der Waals surface area contributed by atoms with E-state index in [2.05, 4.69) is 9.71 Å². The minimum absolute atomic E-state index is 0.0738. The number of sulfonamides is 1. The highest BCUT2D eigenvalue weighted by molar-refractivity contribution is 7.89. The maximum Gasteiger partial charge on any atom is 0.244 e. The van der Waals surface area contributed by atoms with Crippen LogP contribution in [0.15, 0.2) is 41.6 Å². The number of hydrogen-bond acceptors (Lipinski definition) is 5. The molecule has 1 aliphatic rings. The molecule has 1 saturated heterocycles. The van der Waals surface area contributed by atoms with Gasteiger partial charge in [0.15, 0.2) is 0 Å². The second kappa shape index (κ2) is 7.73. The number of aryl methyl sites for hydroxylation is 2. The quantitative estimate of drug-likeness (QED) is 0.837. The molecule has 3 rings (SSSR count). The van der Waals surface area contributed by atoms with Gasteiger partial charge in [0, 0.05) is 18.3 Å². The Morgan fingerprint density at radius 1 is 1.19 bits per heavy atom. The molecule has 0 bridgehead atoms. The van der Waals surface area contributed by atoms with Crippen molar-refractivity contribution >= 4 is 10.0 Å². The zero-order valence-corrected chi connectivity index (χ0v) is 16.0. The van der Waals surface area contributed by atoms with Crippen LogP contribution in [0, 0.1) is 19.8 Å². The number of hydrogen-bond donors (Lipinski definition) is 1. The first-order valence-electron chi connectivity index (χ1n) is 8.55. The van der Waals surface area contributed by atoms with E-state index in [-0.39, 0.29) is 16.9 Å². The molecule has 0 radical (unpaired) electrons. The predicted molar refractivity (Wildman–Crippen MR) is 98.8 cm³/mol. The number of nitrogens with one attached hydrogen (secondary N) is 1. The third-order valence-corrected chi connectivity index (χ3v) is 6.33. The molecule has 1 aliphatic heterocycles. The van der Waals surface area contributed by atoms with Gasteiger partial charge in [0.2, 0.25) is 10.0 Å². The summed E-state index contributed by atoms with van der Waals surface area (Å²) in [7, 11) is -2.24. The van der Waals surface area contributed by atoms with Gasteiger partial charge in [-0.05, 0) is 61.2 Å². The Kier molecular flexibility index (Phi) is 5.60. The number of benzene rings is 1. The highest BCUT2D eigenvalue weighted by Gasteiger charge is 2.33. The van der Waals surface area contributed by atoms with Gasteiger partial charge in [-0.15, -0.1) is 0 Å². The van der Waals surface area contributed by atoms with Crippen molar-refractivity contribution in [1.29, 1.82) is 0 Å². The van der Waals surface area contributed by atoms with E-state index in [1.165, 1.54) is 7.11 Å². The molecule has 1 N–H and O–H groups in total. The molecule has 7 heteroatoms. The Bertz CT molecular complexity index is 869. The number of rotatable bonds is 6. The van der Waals surface area contributed by atoms with Crippen molar-refractivity contribution < 1.29 is 17.9 Å². The second-order valence-corrected chi connectivity index (χ2v) is 8.35. The van der Waals surface area contributed by atoms with Crippen molar-refractivity contribution in [3.8, 4) is 5.75 Å². The Hall–Kier alpha value is -1.96. The summed E-state index contributed by atoms with van der Waals surface area (Å²) in [4.78, 5) is 4.18. The Labute approximate surface area is 154 Å². The first-order chi connectivity index (χ1) is 12.4. The predicted octanol–water partition coefficient (Wildman–Crippen LogP) is 2.24. The molecular weight excluding hydrogens is 352 g/mol. The number of aromatic nitrogens is 1. The standard InChI is InChI=1S/C19H24N2O4S/c1-13-8-18(24-3)19(9-14(13)2)26(22,23)21-17-12-25-11-16(17)10-15-4-6-20-7-5-15/h4-9,16-17,21H,10-12H2,1-3H3/t16-,17-/m1/s1. The van der Waals surface area contributed by atoms with Crippen molar-refractivity contribution in [3.63, 3.8) is 0 Å². The number of nitrogens with zero attached hydrogens (tertiary/aromatic N) is 1. The van der Waals surface area contributed by atoms with Gasteiger partial charge in [0.25, 0.3) is 0 Å². The maximum atomic E-state index is 13.0. The van der Waals surface area contributed by atoms with Gasteiger partial charge in [0.05, 0.1) is 26.4 Å². The van der Waals surface area contributed by atoms with Crippen molar-refractivity contribution in [2.24, 2.45) is 5.92 Å². The molecule has 0 amide bonds. The van der Waals surface area contributed by atoms with Crippen molar-refractivity contribution in [2.45, 2.75) is 31.2 Å². The van der Waals surface area contributed by atoms with Crippen LogP contribution in [0.5, 0.6) is 5.75 Å². The molecule has 2 heterocycles. The van der Waals surface area contributed by atoms with Gasteiger partial charge >= 0.3 is 0 Å². The van der Waals surface area contributed by atoms with Gasteiger partial charge in [-0.2, -0.15) is 0 Å². The van der Waals surface area contributed by atoms with Crippen LogP contribution in [0.1, 0.15) is 16.7 Å². The summed E-state index contributed by atoms with van der Waals surface area (Å²) in [6.45, 7) is 4.71. The summed E-state index contributed by atoms with van der Waals surface area (Å²) in [5, 5.41) is 0. The summed E-state index contributed by atoms with van der Waals surface area (Å²) in [6, 6.07) is 7.01. The second-order valence-electron chi connectivity index (χ2n) is 6.67. The summed E-state index contributed by atoms with van der Waals surface area (Å²) in [5.74, 6) is 0.426. The fourth-order valence-electron chi connectivity index (χ4n) is 3.15. The molecule has 0 saturated carbocycles. The lowest BCUT2D eigenvalue weighted by Crippen LogP contribution is -2.40. The average molecular weight is 376 g/mol. The van der Waals surface area contributed by atoms with Gasteiger partial charge in [-0.3, -0.25) is 4.98 Å². The normalized spacial score (nSPS) is 20.3. The number of methoxy groups -OCH3 is 1.